The monoisotopic (exact) mass is 215 g/mol. The van der Waals surface area contributed by atoms with Gasteiger partial charge in [-0.3, -0.25) is 10.3 Å². The van der Waals surface area contributed by atoms with Gasteiger partial charge in [0.2, 0.25) is 0 Å². The number of hydrogen-bond donors (Lipinski definition) is 3. The quantitative estimate of drug-likeness (QED) is 0.458. The van der Waals surface area contributed by atoms with E-state index in [2.05, 4.69) is 4.90 Å². The zero-order valence-electron chi connectivity index (χ0n) is 10.6. The van der Waals surface area contributed by atoms with E-state index in [9.17, 15) is 5.11 Å². The smallest absolute Gasteiger partial charge is 0.0963 e. The molecule has 4 N–H and O–H groups in total. The lowest BCUT2D eigenvalue weighted by molar-refractivity contribution is 0.0732. The van der Waals surface area contributed by atoms with E-state index >= 15 is 0 Å². The second-order valence-electron chi connectivity index (χ2n) is 5.44. The number of amidine groups is 1. The molecule has 0 aliphatic heterocycles. The van der Waals surface area contributed by atoms with Gasteiger partial charge in [-0.1, -0.05) is 13.8 Å². The molecule has 0 aliphatic carbocycles. The van der Waals surface area contributed by atoms with Crippen LogP contribution in [-0.4, -0.2) is 41.6 Å². The summed E-state index contributed by atoms with van der Waals surface area (Å²) in [6, 6.07) is 0. The molecular formula is C11H25N3O. The van der Waals surface area contributed by atoms with Crippen molar-refractivity contribution < 1.29 is 5.11 Å². The number of rotatable bonds is 6. The van der Waals surface area contributed by atoms with Crippen molar-refractivity contribution in [2.24, 2.45) is 11.1 Å². The molecule has 0 amide bonds. The normalized spacial score (nSPS) is 13.3. The van der Waals surface area contributed by atoms with Gasteiger partial charge in [-0.2, -0.15) is 0 Å². The average Bonchev–Trinajstić information content (AvgIpc) is 2.13. The Labute approximate surface area is 93.0 Å². The molecule has 0 bridgehead atoms. The van der Waals surface area contributed by atoms with Crippen molar-refractivity contribution in [3.63, 3.8) is 0 Å². The Morgan fingerprint density at radius 1 is 1.33 bits per heavy atom. The van der Waals surface area contributed by atoms with Crippen LogP contribution < -0.4 is 5.73 Å². The van der Waals surface area contributed by atoms with Crippen LogP contribution in [0, 0.1) is 10.8 Å². The van der Waals surface area contributed by atoms with Crippen LogP contribution in [0.25, 0.3) is 0 Å². The van der Waals surface area contributed by atoms with Gasteiger partial charge in [0.1, 0.15) is 0 Å². The van der Waals surface area contributed by atoms with Crippen LogP contribution in [0.4, 0.5) is 0 Å². The van der Waals surface area contributed by atoms with Crippen LogP contribution in [0.15, 0.2) is 0 Å². The summed E-state index contributed by atoms with van der Waals surface area (Å²) in [6.45, 7) is 8.87. The van der Waals surface area contributed by atoms with Gasteiger partial charge in [-0.15, -0.1) is 0 Å². The minimum absolute atomic E-state index is 0.129. The third-order valence-electron chi connectivity index (χ3n) is 3.22. The van der Waals surface area contributed by atoms with E-state index in [1.807, 2.05) is 34.7 Å². The van der Waals surface area contributed by atoms with Gasteiger partial charge in [-0.25, -0.2) is 0 Å². The van der Waals surface area contributed by atoms with Crippen molar-refractivity contribution in [3.8, 4) is 0 Å². The van der Waals surface area contributed by atoms with Gasteiger partial charge in [0.05, 0.1) is 12.4 Å². The average molecular weight is 215 g/mol. The van der Waals surface area contributed by atoms with Crippen LogP contribution in [0.2, 0.25) is 0 Å². The van der Waals surface area contributed by atoms with E-state index in [4.69, 9.17) is 11.1 Å². The molecule has 15 heavy (non-hydrogen) atoms. The van der Waals surface area contributed by atoms with Crippen molar-refractivity contribution in [1.29, 1.82) is 5.41 Å². The molecule has 4 heteroatoms. The molecule has 0 aromatic carbocycles. The summed E-state index contributed by atoms with van der Waals surface area (Å²) in [5, 5.41) is 16.6. The molecule has 0 aromatic rings. The molecule has 0 aromatic heterocycles. The first-order valence-corrected chi connectivity index (χ1v) is 5.30. The van der Waals surface area contributed by atoms with Crippen LogP contribution in [-0.2, 0) is 0 Å². The second kappa shape index (κ2) is 4.94. The van der Waals surface area contributed by atoms with E-state index < -0.39 is 0 Å². The lowest BCUT2D eigenvalue weighted by atomic mass is 9.87. The highest BCUT2D eigenvalue weighted by Crippen LogP contribution is 2.22. The Morgan fingerprint density at radius 3 is 2.13 bits per heavy atom. The van der Waals surface area contributed by atoms with Crippen LogP contribution in [0.1, 0.15) is 34.1 Å². The van der Waals surface area contributed by atoms with Crippen LogP contribution in [0.3, 0.4) is 0 Å². The van der Waals surface area contributed by atoms with Crippen molar-refractivity contribution >= 4 is 5.84 Å². The maximum Gasteiger partial charge on any atom is 0.0963 e. The standard InChI is InChI=1S/C11H25N3O/c1-10(2,9(12)13)6-7-14(5)11(3,4)8-15/h15H,6-8H2,1-5H3,(H3,12,13). The first-order valence-electron chi connectivity index (χ1n) is 5.30. The van der Waals surface area contributed by atoms with Gasteiger partial charge in [0, 0.05) is 11.0 Å². The summed E-state index contributed by atoms with van der Waals surface area (Å²) in [7, 11) is 1.98. The van der Waals surface area contributed by atoms with E-state index in [0.717, 1.165) is 13.0 Å². The summed E-state index contributed by atoms with van der Waals surface area (Å²) in [5.41, 5.74) is 5.03. The van der Waals surface area contributed by atoms with E-state index in [0.29, 0.717) is 0 Å². The minimum Gasteiger partial charge on any atom is -0.394 e. The third kappa shape index (κ3) is 4.18. The predicted octanol–water partition coefficient (Wildman–Crippen LogP) is 1.04. The third-order valence-corrected chi connectivity index (χ3v) is 3.22. The highest BCUT2D eigenvalue weighted by Gasteiger charge is 2.26. The highest BCUT2D eigenvalue weighted by atomic mass is 16.3. The van der Waals surface area contributed by atoms with Gasteiger partial charge < -0.3 is 10.8 Å². The molecule has 90 valence electrons. The Morgan fingerprint density at radius 2 is 1.80 bits per heavy atom. The molecule has 0 radical (unpaired) electrons. The zero-order chi connectivity index (χ0) is 12.3. The topological polar surface area (TPSA) is 73.3 Å². The maximum atomic E-state index is 9.19. The molecular weight excluding hydrogens is 190 g/mol. The van der Waals surface area contributed by atoms with E-state index in [1.54, 1.807) is 0 Å². The van der Waals surface area contributed by atoms with Crippen molar-refractivity contribution in [2.45, 2.75) is 39.7 Å². The summed E-state index contributed by atoms with van der Waals surface area (Å²) in [5.74, 6) is 0.220. The fourth-order valence-electron chi connectivity index (χ4n) is 1.01. The van der Waals surface area contributed by atoms with Gasteiger partial charge in [0.15, 0.2) is 0 Å². The Kier molecular flexibility index (Phi) is 4.74. The Bertz CT molecular complexity index is 224. The van der Waals surface area contributed by atoms with Gasteiger partial charge in [-0.05, 0) is 33.9 Å². The van der Waals surface area contributed by atoms with Gasteiger partial charge in [0.25, 0.3) is 0 Å². The van der Waals surface area contributed by atoms with Gasteiger partial charge >= 0.3 is 0 Å². The minimum atomic E-state index is -0.264. The number of aliphatic hydroxyl groups is 1. The summed E-state index contributed by atoms with van der Waals surface area (Å²) < 4.78 is 0. The maximum absolute atomic E-state index is 9.19. The number of nitrogens with one attached hydrogen (secondary N) is 1. The first-order chi connectivity index (χ1) is 6.63. The molecule has 0 fully saturated rings. The second-order valence-corrected chi connectivity index (χ2v) is 5.44. The fraction of sp³-hybridized carbons (Fsp3) is 0.909. The molecule has 0 unspecified atom stereocenters. The molecule has 0 saturated heterocycles. The number of hydrogen-bond acceptors (Lipinski definition) is 3. The number of nitrogens with zero attached hydrogens (tertiary/aromatic N) is 1. The van der Waals surface area contributed by atoms with E-state index in [1.165, 1.54) is 0 Å². The van der Waals surface area contributed by atoms with Crippen molar-refractivity contribution in [3.05, 3.63) is 0 Å². The first kappa shape index (κ1) is 14.4. The molecule has 0 spiro atoms. The Hall–Kier alpha value is -0.610. The van der Waals surface area contributed by atoms with Crippen LogP contribution >= 0.6 is 0 Å². The van der Waals surface area contributed by atoms with Crippen LogP contribution in [0.5, 0.6) is 0 Å². The summed E-state index contributed by atoms with van der Waals surface area (Å²) >= 11 is 0. The SMILES string of the molecule is CN(CCC(C)(C)C(=N)N)C(C)(C)CO. The predicted molar refractivity (Wildman–Crippen MR) is 64.1 cm³/mol. The lowest BCUT2D eigenvalue weighted by Crippen LogP contribution is -2.46. The van der Waals surface area contributed by atoms with Crippen molar-refractivity contribution in [1.82, 2.24) is 4.90 Å². The number of aliphatic hydroxyl groups excluding tert-OH is 1. The largest absolute Gasteiger partial charge is 0.394 e. The number of likely N-dealkylation sites (N-methyl/N-ethyl adjacent to an activating group) is 1. The molecule has 4 nitrogen and oxygen atoms in total. The molecule has 0 aliphatic rings. The Balaban J connectivity index is 4.23. The molecule has 0 heterocycles. The summed E-state index contributed by atoms with van der Waals surface area (Å²) in [6.07, 6.45) is 0.822. The summed E-state index contributed by atoms with van der Waals surface area (Å²) in [4.78, 5) is 2.09. The van der Waals surface area contributed by atoms with Crippen molar-refractivity contribution in [2.75, 3.05) is 20.2 Å². The molecule has 0 saturated carbocycles. The molecule has 0 rings (SSSR count). The lowest BCUT2D eigenvalue weighted by Gasteiger charge is -2.36. The van der Waals surface area contributed by atoms with E-state index in [-0.39, 0.29) is 23.4 Å². The zero-order valence-corrected chi connectivity index (χ0v) is 10.6. The molecule has 0 atom stereocenters. The highest BCUT2D eigenvalue weighted by molar-refractivity contribution is 5.82. The fourth-order valence-corrected chi connectivity index (χ4v) is 1.01. The number of nitrogens with two attached hydrogens (primary N) is 1.